The van der Waals surface area contributed by atoms with Gasteiger partial charge >= 0.3 is 24.4 Å². The molecule has 1 aliphatic rings. The highest BCUT2D eigenvalue weighted by Crippen LogP contribution is 2.46. The van der Waals surface area contributed by atoms with E-state index in [-0.39, 0.29) is 24.5 Å². The number of aliphatic hydroxyl groups is 2. The highest BCUT2D eigenvalue weighted by molar-refractivity contribution is 6.03. The topological polar surface area (TPSA) is 367 Å². The molecule has 0 bridgehead atoms. The number of benzene rings is 2. The SMILES string of the molecule is CC(C)(C)OC(=O)NC(=NCCC[C@@]1(O)C(=O)N(CC(=O)N/C=C/c2ccc(O)cc2)[C@@](O)(C(=O)NCC(=O)N/C=C/c2ccc(O)cc2)[C@@H]1CCN=C(NC(=O)OC(C)(C)C)NC(=O)OC(C)(C)C)NC(=O)OC(C)(C)C. The van der Waals surface area contributed by atoms with Crippen molar-refractivity contribution in [2.24, 2.45) is 15.9 Å². The van der Waals surface area contributed by atoms with Crippen LogP contribution in [0.1, 0.15) is 113 Å². The van der Waals surface area contributed by atoms with Crippen LogP contribution in [0.2, 0.25) is 0 Å². The number of likely N-dealkylation sites (tertiary alicyclic amines) is 1. The van der Waals surface area contributed by atoms with E-state index in [1.807, 2.05) is 0 Å². The van der Waals surface area contributed by atoms with Gasteiger partial charge in [0.05, 0.1) is 12.5 Å². The predicted molar refractivity (Wildman–Crippen MR) is 285 cm³/mol. The number of aliphatic imine (C=N–C) groups is 2. The van der Waals surface area contributed by atoms with Crippen molar-refractivity contribution in [1.29, 1.82) is 0 Å². The number of amides is 8. The molecule has 0 saturated carbocycles. The van der Waals surface area contributed by atoms with Gasteiger partial charge in [-0.15, -0.1) is 0 Å². The quantitative estimate of drug-likeness (QED) is 0.0491. The average molecular weight is 1100 g/mol. The van der Waals surface area contributed by atoms with E-state index in [2.05, 4.69) is 47.2 Å². The van der Waals surface area contributed by atoms with E-state index in [9.17, 15) is 58.8 Å². The highest BCUT2D eigenvalue weighted by atomic mass is 16.6. The van der Waals surface area contributed by atoms with Gasteiger partial charge in [0.2, 0.25) is 29.5 Å². The van der Waals surface area contributed by atoms with Crippen LogP contribution in [-0.2, 0) is 38.1 Å². The molecular weight excluding hydrogens is 1020 g/mol. The van der Waals surface area contributed by atoms with Crippen molar-refractivity contribution < 1.29 is 77.7 Å². The molecule has 3 rings (SSSR count). The van der Waals surface area contributed by atoms with E-state index in [0.29, 0.717) is 16.0 Å². The summed E-state index contributed by atoms with van der Waals surface area (Å²) in [4.78, 5) is 117. The zero-order valence-electron chi connectivity index (χ0n) is 46.0. The molecule has 0 aromatic heterocycles. The second-order valence-electron chi connectivity index (χ2n) is 21.6. The fourth-order valence-corrected chi connectivity index (χ4v) is 7.08. The van der Waals surface area contributed by atoms with Crippen molar-refractivity contribution in [3.8, 4) is 11.5 Å². The van der Waals surface area contributed by atoms with Crippen LogP contribution in [0, 0.1) is 5.92 Å². The number of nitrogens with zero attached hydrogens (tertiary/aromatic N) is 3. The Hall–Kier alpha value is -8.26. The van der Waals surface area contributed by atoms with Crippen molar-refractivity contribution >= 4 is 72.1 Å². The monoisotopic (exact) mass is 1090 g/mol. The van der Waals surface area contributed by atoms with Crippen molar-refractivity contribution in [3.05, 3.63) is 72.1 Å². The second-order valence-corrected chi connectivity index (χ2v) is 21.6. The Kier molecular flexibility index (Phi) is 22.3. The smallest absolute Gasteiger partial charge is 0.414 e. The van der Waals surface area contributed by atoms with E-state index >= 15 is 0 Å². The normalized spacial score (nSPS) is 17.5. The number of rotatable bonds is 16. The lowest BCUT2D eigenvalue weighted by atomic mass is 9.78. The summed E-state index contributed by atoms with van der Waals surface area (Å²) in [5.41, 5.74) is -8.88. The highest BCUT2D eigenvalue weighted by Gasteiger charge is 2.69. The standard InChI is InChI=1S/C52H74N10O16/c1-47(2,3)75-43(69)58-41(59-44(70)76-48(4,5)6)55-26-13-25-51(73)36(24-29-56-42(60-45(71)77-49(7,8)9)61-46(72)78-50(10,11)12)52(74,39(67)57-30-37(65)53-27-22-32-14-18-34(63)19-15-32)62(40(51)68)31-38(66)54-28-23-33-16-20-35(64)21-17-33/h14-23,27-28,36,63-64,73-74H,13,24-26,29-31H2,1-12H3,(H,53,65)(H,54,66)(H,57,67)(H2,55,58,59,69,70)(H2,56,60,61,71,72)/b27-22+,28-23+/t36-,51+,52+/m1/s1. The number of alkyl carbamates (subject to hydrolysis) is 4. The third kappa shape index (κ3) is 22.1. The minimum Gasteiger partial charge on any atom is -0.508 e. The third-order valence-corrected chi connectivity index (χ3v) is 10.1. The number of guanidine groups is 2. The summed E-state index contributed by atoms with van der Waals surface area (Å²) < 4.78 is 21.3. The maximum atomic E-state index is 14.8. The number of aromatic hydroxyl groups is 2. The predicted octanol–water partition coefficient (Wildman–Crippen LogP) is 3.95. The van der Waals surface area contributed by atoms with Crippen LogP contribution in [-0.4, -0.2) is 145 Å². The maximum Gasteiger partial charge on any atom is 0.414 e. The molecule has 0 aliphatic carbocycles. The van der Waals surface area contributed by atoms with Crippen molar-refractivity contribution in [1.82, 2.24) is 42.1 Å². The van der Waals surface area contributed by atoms with Gasteiger partial charge in [0.25, 0.3) is 11.8 Å². The van der Waals surface area contributed by atoms with Gasteiger partial charge in [-0.3, -0.25) is 55.3 Å². The molecule has 0 radical (unpaired) electrons. The minimum atomic E-state index is -3.19. The van der Waals surface area contributed by atoms with E-state index in [1.54, 1.807) is 95.2 Å². The first kappa shape index (κ1) is 64.0. The molecule has 26 nitrogen and oxygen atoms in total. The first-order valence-electron chi connectivity index (χ1n) is 24.6. The molecule has 1 saturated heterocycles. The first-order valence-corrected chi connectivity index (χ1v) is 24.6. The molecule has 78 heavy (non-hydrogen) atoms. The van der Waals surface area contributed by atoms with Crippen LogP contribution in [0.3, 0.4) is 0 Å². The van der Waals surface area contributed by atoms with E-state index in [1.165, 1.54) is 61.0 Å². The summed E-state index contributed by atoms with van der Waals surface area (Å²) in [5, 5.41) is 61.2. The zero-order valence-corrected chi connectivity index (χ0v) is 46.0. The molecule has 2 aromatic carbocycles. The van der Waals surface area contributed by atoms with Gasteiger partial charge in [-0.05, 0) is 150 Å². The molecular formula is C52H74N10O16. The molecule has 0 spiro atoms. The number of ether oxygens (including phenoxy) is 4. The van der Waals surface area contributed by atoms with Crippen LogP contribution < -0.4 is 37.2 Å². The average Bonchev–Trinajstić information content (AvgIpc) is 3.43. The molecule has 11 N–H and O–H groups in total. The Bertz CT molecular complexity index is 2530. The molecule has 3 atom stereocenters. The van der Waals surface area contributed by atoms with Crippen LogP contribution in [0.25, 0.3) is 12.2 Å². The lowest BCUT2D eigenvalue weighted by molar-refractivity contribution is -0.174. The van der Waals surface area contributed by atoms with Crippen LogP contribution in [0.5, 0.6) is 11.5 Å². The Morgan fingerprint density at radius 2 is 0.962 bits per heavy atom. The number of phenols is 2. The van der Waals surface area contributed by atoms with Gasteiger partial charge in [-0.25, -0.2) is 19.2 Å². The van der Waals surface area contributed by atoms with Crippen molar-refractivity contribution in [2.45, 2.75) is 136 Å². The van der Waals surface area contributed by atoms with Crippen LogP contribution in [0.15, 0.2) is 70.9 Å². The Morgan fingerprint density at radius 3 is 1.35 bits per heavy atom. The Balaban J connectivity index is 2.16. The van der Waals surface area contributed by atoms with Gasteiger partial charge in [-0.2, -0.15) is 0 Å². The van der Waals surface area contributed by atoms with Gasteiger partial charge in [0.1, 0.15) is 40.4 Å². The largest absolute Gasteiger partial charge is 0.508 e. The molecule has 26 heteroatoms. The molecule has 0 unspecified atom stereocenters. The summed E-state index contributed by atoms with van der Waals surface area (Å²) >= 11 is 0. The molecule has 2 aromatic rings. The van der Waals surface area contributed by atoms with Crippen LogP contribution in [0.4, 0.5) is 19.2 Å². The number of carbonyl (C=O) groups is 8. The molecule has 428 valence electrons. The lowest BCUT2D eigenvalue weighted by Crippen LogP contribution is -2.62. The number of hydrogen-bond acceptors (Lipinski definition) is 18. The summed E-state index contributed by atoms with van der Waals surface area (Å²) in [6.07, 6.45) is -0.430. The van der Waals surface area contributed by atoms with Gasteiger partial charge in [0.15, 0.2) is 5.60 Å². The van der Waals surface area contributed by atoms with Gasteiger partial charge in [0, 0.05) is 25.5 Å². The molecule has 8 amide bonds. The summed E-state index contributed by atoms with van der Waals surface area (Å²) in [6, 6.07) is 11.8. The Morgan fingerprint density at radius 1 is 0.590 bits per heavy atom. The lowest BCUT2D eigenvalue weighted by Gasteiger charge is -2.36. The van der Waals surface area contributed by atoms with Crippen molar-refractivity contribution in [3.63, 3.8) is 0 Å². The van der Waals surface area contributed by atoms with Gasteiger partial charge in [-0.1, -0.05) is 24.3 Å². The molecule has 1 fully saturated rings. The minimum absolute atomic E-state index is 0.00880. The molecule has 1 heterocycles. The van der Waals surface area contributed by atoms with Gasteiger partial charge < -0.3 is 55.3 Å². The maximum absolute atomic E-state index is 14.8. The fourth-order valence-electron chi connectivity index (χ4n) is 7.08. The molecule has 1 aliphatic heterocycles. The van der Waals surface area contributed by atoms with Crippen LogP contribution >= 0.6 is 0 Å². The number of carbonyl (C=O) groups excluding carboxylic acids is 8. The summed E-state index contributed by atoms with van der Waals surface area (Å²) in [6.45, 7) is 16.1. The van der Waals surface area contributed by atoms with Crippen molar-refractivity contribution in [2.75, 3.05) is 26.2 Å². The number of phenolic OH excluding ortho intramolecular Hbond substituents is 2. The summed E-state index contributed by atoms with van der Waals surface area (Å²) in [7, 11) is 0. The van der Waals surface area contributed by atoms with E-state index in [4.69, 9.17) is 18.9 Å². The first-order chi connectivity index (χ1) is 36.0. The van der Waals surface area contributed by atoms with E-state index < -0.39 is 132 Å². The number of nitrogens with one attached hydrogen (secondary N) is 7. The Labute approximate surface area is 452 Å². The third-order valence-electron chi connectivity index (χ3n) is 10.1. The zero-order chi connectivity index (χ0) is 58.9. The summed E-state index contributed by atoms with van der Waals surface area (Å²) in [5.74, 6) is -7.58. The second kappa shape index (κ2) is 27.2. The van der Waals surface area contributed by atoms with E-state index in [0.717, 1.165) is 0 Å². The number of hydrogen-bond donors (Lipinski definition) is 11. The fraction of sp³-hybridized carbons (Fsp3) is 0.500.